The summed E-state index contributed by atoms with van der Waals surface area (Å²) in [4.78, 5) is 62.1. The van der Waals surface area contributed by atoms with Crippen molar-refractivity contribution >= 4 is 64.0 Å². The van der Waals surface area contributed by atoms with E-state index in [9.17, 15) is 24.0 Å². The van der Waals surface area contributed by atoms with Crippen LogP contribution in [0.4, 0.5) is 5.69 Å². The van der Waals surface area contributed by atoms with Gasteiger partial charge in [-0.1, -0.05) is 23.2 Å². The van der Waals surface area contributed by atoms with Gasteiger partial charge in [0.05, 0.1) is 11.1 Å². The highest BCUT2D eigenvalue weighted by atomic mass is 35.5. The van der Waals surface area contributed by atoms with Gasteiger partial charge < -0.3 is 24.5 Å². The number of rotatable bonds is 5. The van der Waals surface area contributed by atoms with Crippen molar-refractivity contribution in [2.45, 2.75) is 46.4 Å². The number of aromatic carboxylic acids is 1. The van der Waals surface area contributed by atoms with E-state index in [4.69, 9.17) is 28.3 Å². The third-order valence-corrected chi connectivity index (χ3v) is 5.31. The van der Waals surface area contributed by atoms with E-state index >= 15 is 0 Å². The number of hydrogen-bond acceptors (Lipinski definition) is 10. The second-order valence-corrected chi connectivity index (χ2v) is 9.02. The third-order valence-electron chi connectivity index (χ3n) is 4.89. The van der Waals surface area contributed by atoms with Crippen LogP contribution >= 0.6 is 23.2 Å². The number of halogens is 2. The molecule has 208 valence electrons. The molecule has 1 aliphatic rings. The number of carbonyl (C=O) groups is 4. The fraction of sp³-hybridized carbons (Fsp3) is 0.320. The lowest BCUT2D eigenvalue weighted by Gasteiger charge is -2.28. The number of carbonyl (C=O) groups excluding carboxylic acids is 3. The first kappa shape index (κ1) is 31.2. The first-order chi connectivity index (χ1) is 18.3. The third kappa shape index (κ3) is 8.76. The molecule has 39 heavy (non-hydrogen) atoms. The highest BCUT2D eigenvalue weighted by molar-refractivity contribution is 6.30. The van der Waals surface area contributed by atoms with Crippen molar-refractivity contribution in [3.05, 3.63) is 62.4 Å². The van der Waals surface area contributed by atoms with Crippen LogP contribution in [0.1, 0.15) is 54.8 Å². The molecular weight excluding hydrogens is 555 g/mol. The SMILES string of the molecule is CC1(C)OC(=O)CC(=O)O1.CCNc1cc(Cl)ncc1C=O.CCn1c(=O)c(C(=O)O)cc2cnc(Cl)cc21. The van der Waals surface area contributed by atoms with Crippen LogP contribution in [0.25, 0.3) is 10.9 Å². The van der Waals surface area contributed by atoms with Crippen molar-refractivity contribution in [2.24, 2.45) is 0 Å². The maximum Gasteiger partial charge on any atom is 0.341 e. The van der Waals surface area contributed by atoms with Crippen LogP contribution in [-0.2, 0) is 25.6 Å². The molecule has 0 amide bonds. The Hall–Kier alpha value is -4.03. The standard InChI is InChI=1S/C11H9ClN2O3.C8H9ClN2O.C6H8O4/c1-2-14-8-4-9(12)13-5-6(8)3-7(10(14)15)11(16)17;1-2-10-7-3-8(9)11-4-6(7)5-12;1-6(2)9-4(7)3-5(8)10-6/h3-5H,2H2,1H3,(H,16,17);3-5H,2H2,1H3,(H,10,11);3H2,1-2H3. The normalized spacial score (nSPS) is 13.6. The van der Waals surface area contributed by atoms with E-state index in [1.807, 2.05) is 6.92 Å². The maximum absolute atomic E-state index is 11.9. The molecule has 1 saturated heterocycles. The molecule has 14 heteroatoms. The molecule has 12 nitrogen and oxygen atoms in total. The Morgan fingerprint density at radius 1 is 1.08 bits per heavy atom. The van der Waals surface area contributed by atoms with Crippen LogP contribution in [0, 0.1) is 0 Å². The number of anilines is 1. The smallest absolute Gasteiger partial charge is 0.341 e. The van der Waals surface area contributed by atoms with Gasteiger partial charge in [-0.05, 0) is 32.0 Å². The van der Waals surface area contributed by atoms with E-state index in [1.54, 1.807) is 19.1 Å². The fourth-order valence-corrected chi connectivity index (χ4v) is 3.66. The van der Waals surface area contributed by atoms with Crippen LogP contribution in [-0.4, -0.2) is 56.2 Å². The number of aryl methyl sites for hydroxylation is 1. The number of carboxylic acid groups (broad SMARTS) is 1. The van der Waals surface area contributed by atoms with Crippen LogP contribution in [0.2, 0.25) is 10.3 Å². The molecule has 1 aliphatic heterocycles. The van der Waals surface area contributed by atoms with Gasteiger partial charge in [-0.3, -0.25) is 19.2 Å². The summed E-state index contributed by atoms with van der Waals surface area (Å²) in [6, 6.07) is 4.50. The number of nitrogens with zero attached hydrogens (tertiary/aromatic N) is 3. The van der Waals surface area contributed by atoms with Crippen molar-refractivity contribution in [3.8, 4) is 0 Å². The lowest BCUT2D eigenvalue weighted by Crippen LogP contribution is -2.39. The van der Waals surface area contributed by atoms with E-state index in [-0.39, 0.29) is 17.1 Å². The zero-order chi connectivity index (χ0) is 29.3. The van der Waals surface area contributed by atoms with Crippen LogP contribution in [0.15, 0.2) is 35.4 Å². The summed E-state index contributed by atoms with van der Waals surface area (Å²) < 4.78 is 10.7. The van der Waals surface area contributed by atoms with Gasteiger partial charge in [0.2, 0.25) is 0 Å². The van der Waals surface area contributed by atoms with Crippen molar-refractivity contribution in [1.29, 1.82) is 0 Å². The molecule has 2 N–H and O–H groups in total. The monoisotopic (exact) mass is 580 g/mol. The summed E-state index contributed by atoms with van der Waals surface area (Å²) in [5.41, 5.74) is 1.05. The summed E-state index contributed by atoms with van der Waals surface area (Å²) in [6.07, 6.45) is 3.38. The number of carboxylic acids is 1. The van der Waals surface area contributed by atoms with Crippen LogP contribution < -0.4 is 10.9 Å². The number of fused-ring (bicyclic) bond motifs is 1. The molecule has 0 aliphatic carbocycles. The highest BCUT2D eigenvalue weighted by Gasteiger charge is 2.34. The number of nitrogens with one attached hydrogen (secondary N) is 1. The Labute approximate surface area is 232 Å². The molecule has 4 heterocycles. The lowest BCUT2D eigenvalue weighted by atomic mass is 10.2. The fourth-order valence-electron chi connectivity index (χ4n) is 3.35. The summed E-state index contributed by atoms with van der Waals surface area (Å²) in [6.45, 7) is 7.87. The minimum atomic E-state index is -1.24. The van der Waals surface area contributed by atoms with Crippen LogP contribution in [0.5, 0.6) is 0 Å². The summed E-state index contributed by atoms with van der Waals surface area (Å²) >= 11 is 11.4. The van der Waals surface area contributed by atoms with Crippen molar-refractivity contribution < 1.29 is 33.8 Å². The zero-order valence-electron chi connectivity index (χ0n) is 21.5. The largest absolute Gasteiger partial charge is 0.477 e. The van der Waals surface area contributed by atoms with Gasteiger partial charge in [0.25, 0.3) is 11.3 Å². The van der Waals surface area contributed by atoms with Gasteiger partial charge in [-0.2, -0.15) is 0 Å². The minimum Gasteiger partial charge on any atom is -0.477 e. The number of aromatic nitrogens is 3. The molecule has 0 aromatic carbocycles. The Morgan fingerprint density at radius 2 is 1.67 bits per heavy atom. The van der Waals surface area contributed by atoms with Crippen molar-refractivity contribution in [3.63, 3.8) is 0 Å². The molecule has 0 unspecified atom stereocenters. The van der Waals surface area contributed by atoms with Gasteiger partial charge in [-0.25, -0.2) is 14.8 Å². The van der Waals surface area contributed by atoms with Gasteiger partial charge in [0.15, 0.2) is 6.29 Å². The Kier molecular flexibility index (Phi) is 10.9. The van der Waals surface area contributed by atoms with E-state index in [2.05, 4.69) is 24.8 Å². The van der Waals surface area contributed by atoms with E-state index in [1.165, 1.54) is 36.9 Å². The van der Waals surface area contributed by atoms with Crippen molar-refractivity contribution in [2.75, 3.05) is 11.9 Å². The topological polar surface area (TPSA) is 167 Å². The average Bonchev–Trinajstić information content (AvgIpc) is 2.83. The van der Waals surface area contributed by atoms with E-state index < -0.39 is 29.3 Å². The first-order valence-corrected chi connectivity index (χ1v) is 12.3. The minimum absolute atomic E-state index is 0.261. The number of aldehydes is 1. The van der Waals surface area contributed by atoms with E-state index in [0.717, 1.165) is 18.5 Å². The molecule has 4 rings (SSSR count). The number of pyridine rings is 3. The van der Waals surface area contributed by atoms with Gasteiger partial charge in [0, 0.05) is 50.4 Å². The molecular formula is C25H26Cl2N4O8. The van der Waals surface area contributed by atoms with Gasteiger partial charge >= 0.3 is 17.9 Å². The second kappa shape index (κ2) is 13.7. The predicted molar refractivity (Wildman–Crippen MR) is 143 cm³/mol. The Bertz CT molecular complexity index is 1440. The summed E-state index contributed by atoms with van der Waals surface area (Å²) in [5.74, 6) is -3.37. The molecule has 0 saturated carbocycles. The Balaban J connectivity index is 0.000000214. The van der Waals surface area contributed by atoms with Gasteiger partial charge in [0.1, 0.15) is 22.3 Å². The van der Waals surface area contributed by atoms with E-state index in [0.29, 0.717) is 28.2 Å². The molecule has 0 radical (unpaired) electrons. The predicted octanol–water partition coefficient (Wildman–Crippen LogP) is 3.96. The lowest BCUT2D eigenvalue weighted by molar-refractivity contribution is -0.231. The maximum atomic E-state index is 11.9. The molecule has 3 aromatic heterocycles. The number of esters is 2. The molecule has 0 bridgehead atoms. The summed E-state index contributed by atoms with van der Waals surface area (Å²) in [7, 11) is 0. The Morgan fingerprint density at radius 3 is 2.18 bits per heavy atom. The van der Waals surface area contributed by atoms with Gasteiger partial charge in [-0.15, -0.1) is 0 Å². The van der Waals surface area contributed by atoms with Crippen molar-refractivity contribution in [1.82, 2.24) is 14.5 Å². The molecule has 1 fully saturated rings. The zero-order valence-corrected chi connectivity index (χ0v) is 23.0. The first-order valence-electron chi connectivity index (χ1n) is 11.5. The average molecular weight is 581 g/mol. The molecule has 3 aromatic rings. The second-order valence-electron chi connectivity index (χ2n) is 8.25. The quantitative estimate of drug-likeness (QED) is 0.194. The molecule has 0 atom stereocenters. The number of cyclic esters (lactones) is 2. The van der Waals surface area contributed by atoms with Crippen LogP contribution in [0.3, 0.4) is 0 Å². The number of hydrogen-bond donors (Lipinski definition) is 2. The summed E-state index contributed by atoms with van der Waals surface area (Å²) in [5, 5.41) is 13.2. The molecule has 0 spiro atoms. The highest BCUT2D eigenvalue weighted by Crippen LogP contribution is 2.19. The number of ether oxygens (including phenoxy) is 2.